The highest BCUT2D eigenvalue weighted by atomic mass is 16.6. The maximum atomic E-state index is 12.5. The number of rotatable bonds is 5. The molecule has 0 aromatic carbocycles. The van der Waals surface area contributed by atoms with E-state index in [1.165, 1.54) is 6.92 Å². The molecule has 2 fully saturated rings. The molecule has 1 saturated heterocycles. The van der Waals surface area contributed by atoms with Gasteiger partial charge >= 0.3 is 11.9 Å². The lowest BCUT2D eigenvalue weighted by Crippen LogP contribution is -2.55. The van der Waals surface area contributed by atoms with Crippen LogP contribution >= 0.6 is 0 Å². The highest BCUT2D eigenvalue weighted by Crippen LogP contribution is 2.58. The Morgan fingerprint density at radius 2 is 1.89 bits per heavy atom. The Hall–Kier alpha value is -1.40. The highest BCUT2D eigenvalue weighted by Gasteiger charge is 2.65. The number of allylic oxidation sites excluding steroid dienone is 1. The molecule has 1 aliphatic heterocycles. The van der Waals surface area contributed by atoms with Crippen molar-refractivity contribution in [1.82, 2.24) is 0 Å². The average molecular weight is 397 g/mol. The van der Waals surface area contributed by atoms with E-state index in [2.05, 4.69) is 0 Å². The lowest BCUT2D eigenvalue weighted by Gasteiger charge is -2.45. The molecule has 0 aromatic heterocycles. The van der Waals surface area contributed by atoms with Gasteiger partial charge in [0.05, 0.1) is 18.3 Å². The van der Waals surface area contributed by atoms with E-state index in [1.807, 2.05) is 27.7 Å². The second-order valence-electron chi connectivity index (χ2n) is 8.85. The predicted octanol–water partition coefficient (Wildman–Crippen LogP) is 3.41. The molecular formula is C22H36O6. The van der Waals surface area contributed by atoms with Crippen LogP contribution < -0.4 is 0 Å². The molecule has 0 spiro atoms. The normalized spacial score (nSPS) is 38.7. The summed E-state index contributed by atoms with van der Waals surface area (Å²) in [5, 5.41) is 11.6. The molecule has 0 radical (unpaired) electrons. The third-order valence-corrected chi connectivity index (χ3v) is 6.86. The van der Waals surface area contributed by atoms with Crippen LogP contribution in [0.15, 0.2) is 11.6 Å². The quantitative estimate of drug-likeness (QED) is 0.566. The van der Waals surface area contributed by atoms with Crippen molar-refractivity contribution in [2.75, 3.05) is 6.61 Å². The first kappa shape index (κ1) is 22.9. The number of hydrogen-bond acceptors (Lipinski definition) is 6. The minimum absolute atomic E-state index is 0.0421. The Morgan fingerprint density at radius 1 is 1.25 bits per heavy atom. The van der Waals surface area contributed by atoms with Gasteiger partial charge < -0.3 is 19.3 Å². The van der Waals surface area contributed by atoms with Gasteiger partial charge in [-0.2, -0.15) is 0 Å². The Bertz CT molecular complexity index is 627. The van der Waals surface area contributed by atoms with Gasteiger partial charge in [-0.1, -0.05) is 33.8 Å². The van der Waals surface area contributed by atoms with Crippen molar-refractivity contribution >= 4 is 11.9 Å². The van der Waals surface area contributed by atoms with Crippen LogP contribution in [0.4, 0.5) is 0 Å². The summed E-state index contributed by atoms with van der Waals surface area (Å²) in [6.07, 6.45) is 2.18. The summed E-state index contributed by atoms with van der Waals surface area (Å²) in [5.74, 6) is -1.21. The third kappa shape index (κ3) is 3.99. The minimum atomic E-state index is -1.03. The number of aliphatic hydroxyl groups is 1. The Morgan fingerprint density at radius 3 is 2.39 bits per heavy atom. The van der Waals surface area contributed by atoms with Crippen molar-refractivity contribution in [3.05, 3.63) is 11.6 Å². The van der Waals surface area contributed by atoms with Crippen LogP contribution in [0, 0.1) is 17.3 Å². The number of ether oxygens (including phenoxy) is 3. The molecule has 6 unspecified atom stereocenters. The van der Waals surface area contributed by atoms with Gasteiger partial charge in [-0.15, -0.1) is 0 Å². The fourth-order valence-corrected chi connectivity index (χ4v) is 5.06. The zero-order valence-corrected chi connectivity index (χ0v) is 18.3. The smallest absolute Gasteiger partial charge is 0.333 e. The van der Waals surface area contributed by atoms with Crippen LogP contribution in [0.1, 0.15) is 67.7 Å². The van der Waals surface area contributed by atoms with E-state index in [9.17, 15) is 14.7 Å². The summed E-state index contributed by atoms with van der Waals surface area (Å²) in [5.41, 5.74) is -1.08. The molecule has 6 nitrogen and oxygen atoms in total. The van der Waals surface area contributed by atoms with Crippen molar-refractivity contribution in [1.29, 1.82) is 0 Å². The van der Waals surface area contributed by atoms with Gasteiger partial charge in [0, 0.05) is 23.8 Å². The first-order valence-electron chi connectivity index (χ1n) is 10.4. The molecule has 1 heterocycles. The van der Waals surface area contributed by atoms with Gasteiger partial charge in [-0.25, -0.2) is 4.79 Å². The van der Waals surface area contributed by atoms with Crippen LogP contribution in [0.3, 0.4) is 0 Å². The molecule has 160 valence electrons. The van der Waals surface area contributed by atoms with Crippen LogP contribution in [0.25, 0.3) is 0 Å². The summed E-state index contributed by atoms with van der Waals surface area (Å²) in [6, 6.07) is 0. The van der Waals surface area contributed by atoms with Gasteiger partial charge in [0.15, 0.2) is 0 Å². The van der Waals surface area contributed by atoms with Crippen LogP contribution in [-0.2, 0) is 23.8 Å². The molecule has 1 N–H and O–H groups in total. The lowest BCUT2D eigenvalue weighted by molar-refractivity contribution is -0.176. The minimum Gasteiger partial charge on any atom is -0.459 e. The highest BCUT2D eigenvalue weighted by molar-refractivity contribution is 5.87. The molecular weight excluding hydrogens is 360 g/mol. The van der Waals surface area contributed by atoms with Crippen LogP contribution in [-0.4, -0.2) is 47.6 Å². The first-order valence-corrected chi connectivity index (χ1v) is 10.4. The molecule has 0 bridgehead atoms. The number of fused-ring (bicyclic) bond motifs is 1. The van der Waals surface area contributed by atoms with Gasteiger partial charge in [-0.3, -0.25) is 4.79 Å². The van der Waals surface area contributed by atoms with Crippen LogP contribution in [0.2, 0.25) is 0 Å². The number of hydrogen-bond donors (Lipinski definition) is 1. The Balaban J connectivity index is 2.53. The van der Waals surface area contributed by atoms with Crippen molar-refractivity contribution in [2.24, 2.45) is 17.3 Å². The van der Waals surface area contributed by atoms with Crippen molar-refractivity contribution < 1.29 is 28.9 Å². The number of carbonyl (C=O) groups is 2. The zero-order valence-electron chi connectivity index (χ0n) is 18.3. The van der Waals surface area contributed by atoms with Gasteiger partial charge in [0.25, 0.3) is 0 Å². The molecule has 2 aliphatic rings. The molecule has 6 atom stereocenters. The van der Waals surface area contributed by atoms with E-state index in [0.717, 1.165) is 0 Å². The second kappa shape index (κ2) is 8.54. The molecule has 6 heteroatoms. The molecule has 0 amide bonds. The molecule has 1 aliphatic carbocycles. The summed E-state index contributed by atoms with van der Waals surface area (Å²) < 4.78 is 17.7. The topological polar surface area (TPSA) is 82.1 Å². The number of carbonyl (C=O) groups excluding carboxylic acids is 2. The lowest BCUT2D eigenvalue weighted by atomic mass is 9.65. The first-order chi connectivity index (χ1) is 13.0. The molecule has 28 heavy (non-hydrogen) atoms. The zero-order chi connectivity index (χ0) is 21.3. The SMILES string of the molecule is CC=C(C)C(=O)OC1COC(CC)C(OC(C)=O)C2(C)CCC(O)(C(C)C)C12. The second-order valence-corrected chi connectivity index (χ2v) is 8.85. The van der Waals surface area contributed by atoms with E-state index in [0.29, 0.717) is 24.8 Å². The van der Waals surface area contributed by atoms with E-state index < -0.39 is 35.1 Å². The van der Waals surface area contributed by atoms with E-state index in [-0.39, 0.29) is 24.6 Å². The third-order valence-electron chi connectivity index (χ3n) is 6.86. The predicted molar refractivity (Wildman–Crippen MR) is 106 cm³/mol. The maximum absolute atomic E-state index is 12.5. The standard InChI is InChI=1S/C22H36O6/c1-8-14(5)20(24)28-17-12-26-16(9-2)19(27-15(6)23)21(7)10-11-22(25,13(3)4)18(17)21/h8,13,16-19,25H,9-12H2,1-7H3. The molecule has 1 saturated carbocycles. The molecule has 2 rings (SSSR count). The van der Waals surface area contributed by atoms with Crippen molar-refractivity contribution in [2.45, 2.75) is 91.6 Å². The Labute approximate surface area is 168 Å². The monoisotopic (exact) mass is 396 g/mol. The largest absolute Gasteiger partial charge is 0.459 e. The van der Waals surface area contributed by atoms with Crippen molar-refractivity contribution in [3.8, 4) is 0 Å². The van der Waals surface area contributed by atoms with Crippen molar-refractivity contribution in [3.63, 3.8) is 0 Å². The van der Waals surface area contributed by atoms with Gasteiger partial charge in [-0.05, 0) is 39.0 Å². The van der Waals surface area contributed by atoms with E-state index in [4.69, 9.17) is 14.2 Å². The summed E-state index contributed by atoms with van der Waals surface area (Å²) in [6.45, 7) is 13.0. The van der Waals surface area contributed by atoms with Crippen LogP contribution in [0.5, 0.6) is 0 Å². The fraction of sp³-hybridized carbons (Fsp3) is 0.818. The van der Waals surface area contributed by atoms with Gasteiger partial charge in [0.1, 0.15) is 12.2 Å². The van der Waals surface area contributed by atoms with E-state index >= 15 is 0 Å². The molecule has 0 aromatic rings. The average Bonchev–Trinajstić information content (AvgIpc) is 2.86. The fourth-order valence-electron chi connectivity index (χ4n) is 5.06. The summed E-state index contributed by atoms with van der Waals surface area (Å²) in [4.78, 5) is 24.4. The Kier molecular flexibility index (Phi) is 6.98. The maximum Gasteiger partial charge on any atom is 0.333 e. The summed E-state index contributed by atoms with van der Waals surface area (Å²) >= 11 is 0. The number of esters is 2. The van der Waals surface area contributed by atoms with E-state index in [1.54, 1.807) is 19.9 Å². The van der Waals surface area contributed by atoms with Gasteiger partial charge in [0.2, 0.25) is 0 Å². The summed E-state index contributed by atoms with van der Waals surface area (Å²) in [7, 11) is 0.